The summed E-state index contributed by atoms with van der Waals surface area (Å²) in [6, 6.07) is 11.5. The standard InChI is InChI=1S/C18H17FN2OS/c19-15-4-1-3-13(9-15)11-21(16-6-7-16)12-14-10-20-22-18(14)17-5-2-8-23-17/h1-5,8-10,16H,6-7,11-12H2. The molecule has 118 valence electrons. The highest BCUT2D eigenvalue weighted by Crippen LogP contribution is 2.33. The minimum Gasteiger partial charge on any atom is -0.355 e. The van der Waals surface area contributed by atoms with Crippen molar-refractivity contribution in [3.63, 3.8) is 0 Å². The van der Waals surface area contributed by atoms with E-state index in [4.69, 9.17) is 4.52 Å². The van der Waals surface area contributed by atoms with E-state index in [2.05, 4.69) is 10.1 Å². The molecule has 0 N–H and O–H groups in total. The van der Waals surface area contributed by atoms with Crippen LogP contribution in [0.1, 0.15) is 24.0 Å². The van der Waals surface area contributed by atoms with Crippen molar-refractivity contribution < 1.29 is 8.91 Å². The van der Waals surface area contributed by atoms with Crippen molar-refractivity contribution in [3.8, 4) is 10.6 Å². The topological polar surface area (TPSA) is 29.3 Å². The maximum atomic E-state index is 13.4. The fourth-order valence-corrected chi connectivity index (χ4v) is 3.56. The van der Waals surface area contributed by atoms with E-state index in [-0.39, 0.29) is 5.82 Å². The second-order valence-corrected chi connectivity index (χ2v) is 6.87. The lowest BCUT2D eigenvalue weighted by Gasteiger charge is -2.21. The molecule has 0 spiro atoms. The maximum absolute atomic E-state index is 13.4. The highest BCUT2D eigenvalue weighted by atomic mass is 32.1. The molecule has 0 unspecified atom stereocenters. The van der Waals surface area contributed by atoms with Crippen LogP contribution < -0.4 is 0 Å². The average molecular weight is 328 g/mol. The minimum absolute atomic E-state index is 0.178. The van der Waals surface area contributed by atoms with E-state index in [1.165, 1.54) is 18.9 Å². The van der Waals surface area contributed by atoms with Gasteiger partial charge >= 0.3 is 0 Å². The smallest absolute Gasteiger partial charge is 0.181 e. The zero-order valence-electron chi connectivity index (χ0n) is 12.6. The summed E-state index contributed by atoms with van der Waals surface area (Å²) in [6.07, 6.45) is 4.21. The van der Waals surface area contributed by atoms with Crippen molar-refractivity contribution in [1.82, 2.24) is 10.1 Å². The molecule has 2 heterocycles. The highest BCUT2D eigenvalue weighted by molar-refractivity contribution is 7.13. The molecule has 0 saturated heterocycles. The van der Waals surface area contributed by atoms with Crippen LogP contribution in [0.2, 0.25) is 0 Å². The number of benzene rings is 1. The fraction of sp³-hybridized carbons (Fsp3) is 0.278. The van der Waals surface area contributed by atoms with Gasteiger partial charge < -0.3 is 4.52 Å². The molecule has 3 nitrogen and oxygen atoms in total. The Morgan fingerprint density at radius 1 is 1.22 bits per heavy atom. The number of aromatic nitrogens is 1. The van der Waals surface area contributed by atoms with Gasteiger partial charge in [0.2, 0.25) is 0 Å². The molecule has 1 aromatic carbocycles. The third-order valence-corrected chi connectivity index (χ3v) is 4.97. The Kier molecular flexibility index (Phi) is 3.97. The Bertz CT molecular complexity index is 780. The Morgan fingerprint density at radius 3 is 2.87 bits per heavy atom. The monoisotopic (exact) mass is 328 g/mol. The van der Waals surface area contributed by atoms with E-state index in [0.29, 0.717) is 6.04 Å². The first-order valence-corrected chi connectivity index (χ1v) is 8.63. The molecule has 0 atom stereocenters. The molecule has 0 amide bonds. The van der Waals surface area contributed by atoms with E-state index >= 15 is 0 Å². The van der Waals surface area contributed by atoms with Crippen LogP contribution in [0.5, 0.6) is 0 Å². The largest absolute Gasteiger partial charge is 0.355 e. The SMILES string of the molecule is Fc1cccc(CN(Cc2cnoc2-c2cccs2)C2CC2)c1. The van der Waals surface area contributed by atoms with Crippen LogP contribution in [0.3, 0.4) is 0 Å². The van der Waals surface area contributed by atoms with Crippen LogP contribution in [0.25, 0.3) is 10.6 Å². The molecule has 3 aromatic rings. The zero-order chi connectivity index (χ0) is 15.6. The molecule has 1 aliphatic rings. The van der Waals surface area contributed by atoms with Gasteiger partial charge in [-0.2, -0.15) is 0 Å². The Labute approximate surface area is 138 Å². The van der Waals surface area contributed by atoms with Crippen molar-refractivity contribution in [3.05, 3.63) is 64.9 Å². The molecule has 0 bridgehead atoms. The predicted octanol–water partition coefficient (Wildman–Crippen LogP) is 4.71. The predicted molar refractivity (Wildman–Crippen MR) is 88.5 cm³/mol. The minimum atomic E-state index is -0.178. The molecule has 1 aliphatic carbocycles. The summed E-state index contributed by atoms with van der Waals surface area (Å²) in [5, 5.41) is 6.01. The lowest BCUT2D eigenvalue weighted by Crippen LogP contribution is -2.25. The number of hydrogen-bond acceptors (Lipinski definition) is 4. The molecular weight excluding hydrogens is 311 g/mol. The van der Waals surface area contributed by atoms with Crippen LogP contribution >= 0.6 is 11.3 Å². The number of hydrogen-bond donors (Lipinski definition) is 0. The summed E-state index contributed by atoms with van der Waals surface area (Å²) < 4.78 is 18.9. The molecule has 23 heavy (non-hydrogen) atoms. The van der Waals surface area contributed by atoms with Crippen LogP contribution in [0.15, 0.2) is 52.5 Å². The quantitative estimate of drug-likeness (QED) is 0.656. The molecule has 1 fully saturated rings. The third kappa shape index (κ3) is 3.35. The van der Waals surface area contributed by atoms with Gasteiger partial charge in [0, 0.05) is 24.7 Å². The molecule has 1 saturated carbocycles. The van der Waals surface area contributed by atoms with E-state index in [1.807, 2.05) is 23.6 Å². The number of thiophene rings is 1. The average Bonchev–Trinajstić information content (AvgIpc) is 3.06. The number of nitrogens with zero attached hydrogens (tertiary/aromatic N) is 2. The molecule has 0 aliphatic heterocycles. The first kappa shape index (κ1) is 14.6. The number of rotatable bonds is 6. The van der Waals surface area contributed by atoms with Gasteiger partial charge in [0.1, 0.15) is 5.82 Å². The van der Waals surface area contributed by atoms with Gasteiger partial charge in [-0.3, -0.25) is 4.90 Å². The summed E-state index contributed by atoms with van der Waals surface area (Å²) in [5.41, 5.74) is 2.10. The third-order valence-electron chi connectivity index (χ3n) is 4.10. The van der Waals surface area contributed by atoms with Gasteiger partial charge in [-0.1, -0.05) is 23.4 Å². The van der Waals surface area contributed by atoms with Gasteiger partial charge in [0.05, 0.1) is 11.1 Å². The van der Waals surface area contributed by atoms with Crippen molar-refractivity contribution in [2.75, 3.05) is 0 Å². The molecule has 4 rings (SSSR count). The lowest BCUT2D eigenvalue weighted by atomic mass is 10.1. The van der Waals surface area contributed by atoms with E-state index in [9.17, 15) is 4.39 Å². The van der Waals surface area contributed by atoms with E-state index in [0.717, 1.165) is 34.9 Å². The van der Waals surface area contributed by atoms with Crippen LogP contribution in [-0.4, -0.2) is 16.1 Å². The summed E-state index contributed by atoms with van der Waals surface area (Å²) in [4.78, 5) is 3.48. The van der Waals surface area contributed by atoms with Crippen molar-refractivity contribution in [2.24, 2.45) is 0 Å². The Hall–Kier alpha value is -1.98. The lowest BCUT2D eigenvalue weighted by molar-refractivity contribution is 0.245. The summed E-state index contributed by atoms with van der Waals surface area (Å²) >= 11 is 1.65. The second kappa shape index (κ2) is 6.26. The summed E-state index contributed by atoms with van der Waals surface area (Å²) in [5.74, 6) is 0.674. The molecule has 5 heteroatoms. The fourth-order valence-electron chi connectivity index (χ4n) is 2.83. The summed E-state index contributed by atoms with van der Waals surface area (Å²) in [7, 11) is 0. The maximum Gasteiger partial charge on any atom is 0.181 e. The Morgan fingerprint density at radius 2 is 2.13 bits per heavy atom. The first-order chi connectivity index (χ1) is 11.3. The highest BCUT2D eigenvalue weighted by Gasteiger charge is 2.30. The summed E-state index contributed by atoms with van der Waals surface area (Å²) in [6.45, 7) is 1.52. The van der Waals surface area contributed by atoms with Crippen LogP contribution in [-0.2, 0) is 13.1 Å². The second-order valence-electron chi connectivity index (χ2n) is 5.92. The van der Waals surface area contributed by atoms with Gasteiger partial charge in [0.25, 0.3) is 0 Å². The van der Waals surface area contributed by atoms with Gasteiger partial charge in [-0.05, 0) is 42.0 Å². The van der Waals surface area contributed by atoms with Crippen molar-refractivity contribution >= 4 is 11.3 Å². The van der Waals surface area contributed by atoms with Gasteiger partial charge in [-0.25, -0.2) is 4.39 Å². The molecule has 0 radical (unpaired) electrons. The van der Waals surface area contributed by atoms with E-state index in [1.54, 1.807) is 29.7 Å². The van der Waals surface area contributed by atoms with Gasteiger partial charge in [0.15, 0.2) is 5.76 Å². The van der Waals surface area contributed by atoms with Crippen molar-refractivity contribution in [1.29, 1.82) is 0 Å². The zero-order valence-corrected chi connectivity index (χ0v) is 13.4. The number of halogens is 1. The molecular formula is C18H17FN2OS. The Balaban J connectivity index is 1.55. The van der Waals surface area contributed by atoms with Crippen molar-refractivity contribution in [2.45, 2.75) is 32.0 Å². The molecule has 2 aromatic heterocycles. The normalized spacial score (nSPS) is 14.5. The van der Waals surface area contributed by atoms with E-state index < -0.39 is 0 Å². The van der Waals surface area contributed by atoms with Gasteiger partial charge in [-0.15, -0.1) is 11.3 Å². The van der Waals surface area contributed by atoms with Crippen LogP contribution in [0, 0.1) is 5.82 Å². The van der Waals surface area contributed by atoms with Crippen LogP contribution in [0.4, 0.5) is 4.39 Å². The first-order valence-electron chi connectivity index (χ1n) is 7.75.